The van der Waals surface area contributed by atoms with Crippen molar-refractivity contribution in [3.63, 3.8) is 0 Å². The standard InChI is InChI=1S/C14H30N2O2/c1-5-8-12-16(14(17)18)13(4)10-9-11-15(6-2)7-3/h13H,5-12H2,1-4H3,(H,17,18). The molecule has 18 heavy (non-hydrogen) atoms. The normalized spacial score (nSPS) is 12.7. The van der Waals surface area contributed by atoms with Crippen molar-refractivity contribution >= 4 is 6.09 Å². The lowest BCUT2D eigenvalue weighted by Crippen LogP contribution is -2.38. The Kier molecular flexibility index (Phi) is 9.74. The minimum Gasteiger partial charge on any atom is -0.465 e. The van der Waals surface area contributed by atoms with Crippen LogP contribution in [0.1, 0.15) is 53.4 Å². The molecule has 0 aromatic heterocycles. The second-order valence-electron chi connectivity index (χ2n) is 4.85. The van der Waals surface area contributed by atoms with Crippen molar-refractivity contribution < 1.29 is 9.90 Å². The zero-order chi connectivity index (χ0) is 14.0. The van der Waals surface area contributed by atoms with Crippen molar-refractivity contribution in [2.24, 2.45) is 0 Å². The maximum absolute atomic E-state index is 11.2. The van der Waals surface area contributed by atoms with Gasteiger partial charge in [0.15, 0.2) is 0 Å². The number of nitrogens with zero attached hydrogens (tertiary/aromatic N) is 2. The fourth-order valence-corrected chi connectivity index (χ4v) is 2.14. The number of hydrogen-bond acceptors (Lipinski definition) is 2. The first-order valence-electron chi connectivity index (χ1n) is 7.28. The molecule has 0 fully saturated rings. The molecular weight excluding hydrogens is 228 g/mol. The molecule has 0 spiro atoms. The van der Waals surface area contributed by atoms with Crippen molar-refractivity contribution in [2.75, 3.05) is 26.2 Å². The summed E-state index contributed by atoms with van der Waals surface area (Å²) in [6, 6.07) is 0.129. The van der Waals surface area contributed by atoms with Crippen LogP contribution in [0.2, 0.25) is 0 Å². The van der Waals surface area contributed by atoms with Crippen LogP contribution < -0.4 is 0 Å². The molecule has 0 aliphatic heterocycles. The molecule has 1 N–H and O–H groups in total. The predicted octanol–water partition coefficient (Wildman–Crippen LogP) is 3.28. The molecule has 108 valence electrons. The molecule has 0 aromatic carbocycles. The molecule has 0 bridgehead atoms. The second-order valence-corrected chi connectivity index (χ2v) is 4.85. The van der Waals surface area contributed by atoms with Gasteiger partial charge in [-0.3, -0.25) is 0 Å². The molecule has 1 atom stereocenters. The van der Waals surface area contributed by atoms with Gasteiger partial charge in [-0.25, -0.2) is 4.79 Å². The zero-order valence-electron chi connectivity index (χ0n) is 12.5. The topological polar surface area (TPSA) is 43.8 Å². The summed E-state index contributed by atoms with van der Waals surface area (Å²) < 4.78 is 0. The fraction of sp³-hybridized carbons (Fsp3) is 0.929. The van der Waals surface area contributed by atoms with Gasteiger partial charge in [0.1, 0.15) is 0 Å². The summed E-state index contributed by atoms with van der Waals surface area (Å²) in [5.74, 6) is 0. The lowest BCUT2D eigenvalue weighted by Gasteiger charge is -2.27. The highest BCUT2D eigenvalue weighted by Gasteiger charge is 2.18. The molecule has 1 unspecified atom stereocenters. The summed E-state index contributed by atoms with van der Waals surface area (Å²) >= 11 is 0. The molecule has 1 amide bonds. The number of carbonyl (C=O) groups is 1. The van der Waals surface area contributed by atoms with Gasteiger partial charge < -0.3 is 14.9 Å². The van der Waals surface area contributed by atoms with Crippen LogP contribution in [0.15, 0.2) is 0 Å². The molecular formula is C14H30N2O2. The van der Waals surface area contributed by atoms with E-state index in [0.717, 1.165) is 45.3 Å². The molecule has 0 radical (unpaired) electrons. The summed E-state index contributed by atoms with van der Waals surface area (Å²) in [4.78, 5) is 15.1. The van der Waals surface area contributed by atoms with E-state index in [9.17, 15) is 9.90 Å². The van der Waals surface area contributed by atoms with Crippen molar-refractivity contribution in [3.8, 4) is 0 Å². The molecule has 4 heteroatoms. The summed E-state index contributed by atoms with van der Waals surface area (Å²) in [5.41, 5.74) is 0. The fourth-order valence-electron chi connectivity index (χ4n) is 2.14. The maximum atomic E-state index is 11.2. The molecule has 0 aromatic rings. The number of carboxylic acid groups (broad SMARTS) is 1. The van der Waals surface area contributed by atoms with Crippen LogP contribution in [0.5, 0.6) is 0 Å². The molecule has 4 nitrogen and oxygen atoms in total. The SMILES string of the molecule is CCCCN(C(=O)O)C(C)CCCN(CC)CC. The first-order chi connectivity index (χ1) is 8.56. The molecule has 0 saturated carbocycles. The van der Waals surface area contributed by atoms with Crippen LogP contribution in [-0.2, 0) is 0 Å². The van der Waals surface area contributed by atoms with Gasteiger partial charge in [-0.15, -0.1) is 0 Å². The van der Waals surface area contributed by atoms with Crippen molar-refractivity contribution in [2.45, 2.75) is 59.4 Å². The van der Waals surface area contributed by atoms with E-state index in [4.69, 9.17) is 0 Å². The minimum absolute atomic E-state index is 0.129. The Morgan fingerprint density at radius 3 is 2.17 bits per heavy atom. The summed E-state index contributed by atoms with van der Waals surface area (Å²) in [5, 5.41) is 9.19. The van der Waals surface area contributed by atoms with Crippen LogP contribution in [0.25, 0.3) is 0 Å². The monoisotopic (exact) mass is 258 g/mol. The van der Waals surface area contributed by atoms with E-state index in [1.165, 1.54) is 0 Å². The highest BCUT2D eigenvalue weighted by Crippen LogP contribution is 2.09. The van der Waals surface area contributed by atoms with E-state index < -0.39 is 6.09 Å². The highest BCUT2D eigenvalue weighted by molar-refractivity contribution is 5.65. The van der Waals surface area contributed by atoms with Crippen LogP contribution in [0, 0.1) is 0 Å². The highest BCUT2D eigenvalue weighted by atomic mass is 16.4. The molecule has 0 saturated heterocycles. The smallest absolute Gasteiger partial charge is 0.407 e. The van der Waals surface area contributed by atoms with Gasteiger partial charge in [-0.05, 0) is 45.8 Å². The van der Waals surface area contributed by atoms with Crippen LogP contribution in [0.3, 0.4) is 0 Å². The summed E-state index contributed by atoms with van der Waals surface area (Å²) in [6.07, 6.45) is 3.23. The Hall–Kier alpha value is -0.770. The van der Waals surface area contributed by atoms with Crippen molar-refractivity contribution in [3.05, 3.63) is 0 Å². The average Bonchev–Trinajstić information content (AvgIpc) is 2.34. The van der Waals surface area contributed by atoms with Crippen LogP contribution in [0.4, 0.5) is 4.79 Å². The van der Waals surface area contributed by atoms with Crippen molar-refractivity contribution in [1.82, 2.24) is 9.80 Å². The van der Waals surface area contributed by atoms with Crippen molar-refractivity contribution in [1.29, 1.82) is 0 Å². The summed E-state index contributed by atoms with van der Waals surface area (Å²) in [6.45, 7) is 12.3. The Balaban J connectivity index is 4.01. The largest absolute Gasteiger partial charge is 0.465 e. The van der Waals surface area contributed by atoms with Gasteiger partial charge in [0.25, 0.3) is 0 Å². The van der Waals surface area contributed by atoms with E-state index in [1.54, 1.807) is 4.90 Å². The number of amides is 1. The van der Waals surface area contributed by atoms with Gasteiger partial charge in [0.05, 0.1) is 0 Å². The lowest BCUT2D eigenvalue weighted by atomic mass is 10.1. The number of hydrogen-bond donors (Lipinski definition) is 1. The van der Waals surface area contributed by atoms with Gasteiger partial charge >= 0.3 is 6.09 Å². The molecule has 0 rings (SSSR count). The van der Waals surface area contributed by atoms with E-state index in [1.807, 2.05) is 6.92 Å². The first-order valence-corrected chi connectivity index (χ1v) is 7.28. The minimum atomic E-state index is -0.779. The third kappa shape index (κ3) is 6.84. The Bertz CT molecular complexity index is 218. The Morgan fingerprint density at radius 2 is 1.72 bits per heavy atom. The lowest BCUT2D eigenvalue weighted by molar-refractivity contribution is 0.123. The van der Waals surface area contributed by atoms with Crippen LogP contribution >= 0.6 is 0 Å². The Morgan fingerprint density at radius 1 is 1.11 bits per heavy atom. The van der Waals surface area contributed by atoms with E-state index in [0.29, 0.717) is 6.54 Å². The van der Waals surface area contributed by atoms with Gasteiger partial charge in [-0.2, -0.15) is 0 Å². The average molecular weight is 258 g/mol. The van der Waals surface area contributed by atoms with Gasteiger partial charge in [-0.1, -0.05) is 27.2 Å². The van der Waals surface area contributed by atoms with Crippen LogP contribution in [-0.4, -0.2) is 53.2 Å². The first kappa shape index (κ1) is 17.2. The number of unbranched alkanes of at least 4 members (excludes halogenated alkanes) is 1. The van der Waals surface area contributed by atoms with Gasteiger partial charge in [0.2, 0.25) is 0 Å². The Labute approximate surface area is 112 Å². The number of rotatable bonds is 10. The van der Waals surface area contributed by atoms with E-state index >= 15 is 0 Å². The quantitative estimate of drug-likeness (QED) is 0.654. The second kappa shape index (κ2) is 10.2. The predicted molar refractivity (Wildman–Crippen MR) is 76.1 cm³/mol. The molecule has 0 heterocycles. The molecule has 0 aliphatic rings. The summed E-state index contributed by atoms with van der Waals surface area (Å²) in [7, 11) is 0. The third-order valence-electron chi connectivity index (χ3n) is 3.52. The molecule has 0 aliphatic carbocycles. The van der Waals surface area contributed by atoms with Gasteiger partial charge in [0, 0.05) is 12.6 Å². The van der Waals surface area contributed by atoms with E-state index in [2.05, 4.69) is 25.7 Å². The van der Waals surface area contributed by atoms with E-state index in [-0.39, 0.29) is 6.04 Å². The zero-order valence-corrected chi connectivity index (χ0v) is 12.5. The third-order valence-corrected chi connectivity index (χ3v) is 3.52. The maximum Gasteiger partial charge on any atom is 0.407 e.